The molecule has 0 bridgehead atoms. The second-order valence-corrected chi connectivity index (χ2v) is 8.39. The van der Waals surface area contributed by atoms with Crippen LogP contribution in [0.25, 0.3) is 11.4 Å². The molecule has 0 atom stereocenters. The summed E-state index contributed by atoms with van der Waals surface area (Å²) in [4.78, 5) is 12.5. The van der Waals surface area contributed by atoms with Gasteiger partial charge in [-0.15, -0.1) is 10.2 Å². The Hall–Kier alpha value is -2.94. The van der Waals surface area contributed by atoms with Gasteiger partial charge in [-0.2, -0.15) is 0 Å². The largest absolute Gasteiger partial charge is 0.497 e. The third-order valence-corrected chi connectivity index (χ3v) is 6.12. The van der Waals surface area contributed by atoms with Gasteiger partial charge >= 0.3 is 0 Å². The van der Waals surface area contributed by atoms with Gasteiger partial charge in [-0.25, -0.2) is 0 Å². The number of nitrogens with zero attached hydrogens (tertiary/aromatic N) is 3. The van der Waals surface area contributed by atoms with Gasteiger partial charge < -0.3 is 14.5 Å². The quantitative estimate of drug-likeness (QED) is 0.323. The number of halogens is 2. The summed E-state index contributed by atoms with van der Waals surface area (Å²) in [5, 5.41) is 12.7. The lowest BCUT2D eigenvalue weighted by Gasteiger charge is -2.10. The molecular formula is C22H18Cl2N4O3S. The van der Waals surface area contributed by atoms with E-state index in [1.54, 1.807) is 31.6 Å². The van der Waals surface area contributed by atoms with Crippen molar-refractivity contribution < 1.29 is 13.9 Å². The summed E-state index contributed by atoms with van der Waals surface area (Å²) in [6.45, 7) is 0.418. The topological polar surface area (TPSA) is 82.2 Å². The van der Waals surface area contributed by atoms with Crippen LogP contribution in [0.5, 0.6) is 5.75 Å². The molecule has 1 N–H and O–H groups in total. The summed E-state index contributed by atoms with van der Waals surface area (Å²) in [7, 11) is 1.62. The average Bonchev–Trinajstić information content (AvgIpc) is 3.45. The number of thioether (sulfide) groups is 1. The van der Waals surface area contributed by atoms with Crippen molar-refractivity contribution in [3.05, 3.63) is 76.7 Å². The lowest BCUT2D eigenvalue weighted by molar-refractivity contribution is -0.113. The van der Waals surface area contributed by atoms with E-state index in [1.165, 1.54) is 11.8 Å². The van der Waals surface area contributed by atoms with Crippen molar-refractivity contribution in [1.29, 1.82) is 0 Å². The van der Waals surface area contributed by atoms with Gasteiger partial charge in [0.15, 0.2) is 11.0 Å². The number of amides is 1. The Kier molecular flexibility index (Phi) is 7.04. The van der Waals surface area contributed by atoms with Crippen molar-refractivity contribution in [2.24, 2.45) is 0 Å². The minimum absolute atomic E-state index is 0.0977. The number of rotatable bonds is 8. The fourth-order valence-electron chi connectivity index (χ4n) is 2.97. The molecule has 0 aliphatic heterocycles. The number of methoxy groups -OCH3 is 1. The van der Waals surface area contributed by atoms with Gasteiger partial charge in [-0.05, 0) is 48.5 Å². The van der Waals surface area contributed by atoms with E-state index in [0.717, 1.165) is 17.1 Å². The van der Waals surface area contributed by atoms with Crippen molar-refractivity contribution >= 4 is 46.6 Å². The summed E-state index contributed by atoms with van der Waals surface area (Å²) < 4.78 is 12.6. The van der Waals surface area contributed by atoms with Crippen molar-refractivity contribution in [3.63, 3.8) is 0 Å². The third kappa shape index (κ3) is 5.09. The predicted molar refractivity (Wildman–Crippen MR) is 126 cm³/mol. The van der Waals surface area contributed by atoms with Gasteiger partial charge in [0.2, 0.25) is 5.91 Å². The zero-order valence-electron chi connectivity index (χ0n) is 16.9. The van der Waals surface area contributed by atoms with E-state index in [4.69, 9.17) is 32.4 Å². The summed E-state index contributed by atoms with van der Waals surface area (Å²) >= 11 is 13.5. The summed E-state index contributed by atoms with van der Waals surface area (Å²) in [6.07, 6.45) is 1.61. The van der Waals surface area contributed by atoms with E-state index < -0.39 is 0 Å². The number of para-hydroxylation sites is 1. The van der Waals surface area contributed by atoms with Crippen molar-refractivity contribution in [2.45, 2.75) is 11.7 Å². The van der Waals surface area contributed by atoms with Crippen LogP contribution in [0.3, 0.4) is 0 Å². The van der Waals surface area contributed by atoms with E-state index in [9.17, 15) is 4.79 Å². The Morgan fingerprint density at radius 3 is 2.50 bits per heavy atom. The average molecular weight is 489 g/mol. The van der Waals surface area contributed by atoms with E-state index in [0.29, 0.717) is 33.3 Å². The van der Waals surface area contributed by atoms with Gasteiger partial charge in [-0.3, -0.25) is 9.36 Å². The van der Waals surface area contributed by atoms with E-state index in [-0.39, 0.29) is 11.7 Å². The van der Waals surface area contributed by atoms with Crippen molar-refractivity contribution in [2.75, 3.05) is 18.2 Å². The molecule has 1 amide bonds. The Labute approximate surface area is 198 Å². The highest BCUT2D eigenvalue weighted by Crippen LogP contribution is 2.31. The van der Waals surface area contributed by atoms with Crippen LogP contribution in [0.2, 0.25) is 10.0 Å². The summed E-state index contributed by atoms with van der Waals surface area (Å²) in [5.41, 5.74) is 1.25. The van der Waals surface area contributed by atoms with Crippen molar-refractivity contribution in [1.82, 2.24) is 14.8 Å². The highest BCUT2D eigenvalue weighted by atomic mass is 35.5. The van der Waals surface area contributed by atoms with E-state index >= 15 is 0 Å². The van der Waals surface area contributed by atoms with Crippen molar-refractivity contribution in [3.8, 4) is 17.1 Å². The number of benzene rings is 2. The lowest BCUT2D eigenvalue weighted by Crippen LogP contribution is -2.15. The number of hydrogen-bond donors (Lipinski definition) is 1. The molecule has 0 aliphatic rings. The van der Waals surface area contributed by atoms with Gasteiger partial charge in [0.25, 0.3) is 0 Å². The number of nitrogens with one attached hydrogen (secondary N) is 1. The maximum Gasteiger partial charge on any atom is 0.234 e. The molecule has 0 saturated heterocycles. The fraction of sp³-hybridized carbons (Fsp3) is 0.136. The molecule has 32 heavy (non-hydrogen) atoms. The lowest BCUT2D eigenvalue weighted by atomic mass is 10.2. The van der Waals surface area contributed by atoms with Crippen LogP contribution in [0.1, 0.15) is 5.76 Å². The zero-order chi connectivity index (χ0) is 22.5. The summed E-state index contributed by atoms with van der Waals surface area (Å²) in [5.74, 6) is 1.98. The molecule has 4 rings (SSSR count). The van der Waals surface area contributed by atoms with Crippen LogP contribution in [0.4, 0.5) is 5.69 Å². The van der Waals surface area contributed by atoms with Crippen LogP contribution >= 0.6 is 35.0 Å². The molecule has 0 radical (unpaired) electrons. The molecule has 2 aromatic carbocycles. The molecule has 2 aromatic heterocycles. The van der Waals surface area contributed by atoms with Crippen LogP contribution in [-0.2, 0) is 11.3 Å². The minimum Gasteiger partial charge on any atom is -0.497 e. The monoisotopic (exact) mass is 488 g/mol. The number of anilines is 1. The Morgan fingerprint density at radius 1 is 1.09 bits per heavy atom. The maximum atomic E-state index is 12.5. The van der Waals surface area contributed by atoms with Crippen LogP contribution in [0.15, 0.2) is 70.4 Å². The first-order valence-corrected chi connectivity index (χ1v) is 11.3. The zero-order valence-corrected chi connectivity index (χ0v) is 19.2. The van der Waals surface area contributed by atoms with Gasteiger partial charge in [0.1, 0.15) is 11.5 Å². The van der Waals surface area contributed by atoms with Crippen LogP contribution < -0.4 is 10.1 Å². The second-order valence-electron chi connectivity index (χ2n) is 6.63. The van der Waals surface area contributed by atoms with Gasteiger partial charge in [0, 0.05) is 5.56 Å². The second kappa shape index (κ2) is 10.1. The number of aromatic nitrogens is 3. The normalized spacial score (nSPS) is 10.8. The van der Waals surface area contributed by atoms with Crippen LogP contribution in [-0.4, -0.2) is 33.5 Å². The number of ether oxygens (including phenoxy) is 1. The molecule has 0 spiro atoms. The molecule has 0 fully saturated rings. The standard InChI is InChI=1S/C22H18Cl2N4O3S/c1-30-15-9-7-14(8-10-15)21-26-27-22(28(21)12-16-4-3-11-31-16)32-13-19(29)25-20-17(23)5-2-6-18(20)24/h2-11H,12-13H2,1H3,(H,25,29). The number of carbonyl (C=O) groups excluding carboxylic acids is 1. The number of furan rings is 1. The molecule has 10 heteroatoms. The Balaban J connectivity index is 1.55. The minimum atomic E-state index is -0.261. The Morgan fingerprint density at radius 2 is 1.84 bits per heavy atom. The molecule has 2 heterocycles. The number of hydrogen-bond acceptors (Lipinski definition) is 6. The first-order chi connectivity index (χ1) is 15.5. The fourth-order valence-corrected chi connectivity index (χ4v) is 4.20. The third-order valence-electron chi connectivity index (χ3n) is 4.52. The molecule has 4 aromatic rings. The van der Waals surface area contributed by atoms with E-state index in [2.05, 4.69) is 15.5 Å². The summed E-state index contributed by atoms with van der Waals surface area (Å²) in [6, 6.07) is 16.3. The SMILES string of the molecule is COc1ccc(-c2nnc(SCC(=O)Nc3c(Cl)cccc3Cl)n2Cc2ccco2)cc1. The molecule has 7 nitrogen and oxygen atoms in total. The first-order valence-electron chi connectivity index (χ1n) is 9.52. The first kappa shape index (κ1) is 22.3. The molecular weight excluding hydrogens is 471 g/mol. The number of carbonyl (C=O) groups is 1. The molecule has 0 unspecified atom stereocenters. The molecule has 0 saturated carbocycles. The Bertz CT molecular complexity index is 1190. The van der Waals surface area contributed by atoms with Gasteiger partial charge in [0.05, 0.1) is 41.4 Å². The molecule has 0 aliphatic carbocycles. The van der Waals surface area contributed by atoms with Gasteiger partial charge in [-0.1, -0.05) is 41.0 Å². The predicted octanol–water partition coefficient (Wildman–Crippen LogP) is 5.63. The molecule has 164 valence electrons. The van der Waals surface area contributed by atoms with E-state index in [1.807, 2.05) is 41.0 Å². The highest BCUT2D eigenvalue weighted by Gasteiger charge is 2.18. The smallest absolute Gasteiger partial charge is 0.234 e. The highest BCUT2D eigenvalue weighted by molar-refractivity contribution is 7.99. The maximum absolute atomic E-state index is 12.5. The van der Waals surface area contributed by atoms with Crippen LogP contribution in [0, 0.1) is 0 Å².